The van der Waals surface area contributed by atoms with Crippen LogP contribution in [0.3, 0.4) is 0 Å². The highest BCUT2D eigenvalue weighted by Crippen LogP contribution is 2.47. The molecule has 2 aliphatic rings. The molecule has 9 rings (SSSR count). The fourth-order valence-electron chi connectivity index (χ4n) is 10.4. The second kappa shape index (κ2) is 31.7. The average Bonchev–Trinajstić information content (AvgIpc) is 0.758. The Morgan fingerprint density at radius 2 is 0.819 bits per heavy atom. The van der Waals surface area contributed by atoms with Crippen LogP contribution in [0.25, 0.3) is 22.3 Å². The van der Waals surface area contributed by atoms with Crippen molar-refractivity contribution >= 4 is 52.8 Å². The number of carbonyl (C=O) groups is 7. The number of benzene rings is 6. The minimum atomic E-state index is -2.13. The Hall–Kier alpha value is -10.5. The van der Waals surface area contributed by atoms with Gasteiger partial charge in [0.05, 0.1) is 6.61 Å². The molecule has 1 N–H and O–H groups in total. The fourth-order valence-corrected chi connectivity index (χ4v) is 10.4. The molecule has 25 heteroatoms. The van der Waals surface area contributed by atoms with Crippen LogP contribution in [-0.4, -0.2) is 122 Å². The fraction of sp³-hybridized carbons (Fsp3) is 0.333. The summed E-state index contributed by atoms with van der Waals surface area (Å²) >= 11 is 0. The predicted molar refractivity (Wildman–Crippen MR) is 327 cm³/mol. The summed E-state index contributed by atoms with van der Waals surface area (Å²) < 4.78 is 97.9. The Morgan fingerprint density at radius 3 is 1.27 bits per heavy atom. The molecule has 10 atom stereocenters. The van der Waals surface area contributed by atoms with E-state index in [1.165, 1.54) is 24.3 Å². The summed E-state index contributed by atoms with van der Waals surface area (Å²) in [6.07, 6.45) is -18.0. The van der Waals surface area contributed by atoms with Gasteiger partial charge in [-0.05, 0) is 34.4 Å². The zero-order chi connectivity index (χ0) is 67.0. The molecule has 0 radical (unpaired) electrons. The van der Waals surface area contributed by atoms with Crippen molar-refractivity contribution in [1.29, 1.82) is 0 Å². The van der Waals surface area contributed by atoms with Crippen molar-refractivity contribution in [3.8, 4) is 45.8 Å². The maximum atomic E-state index is 15.7. The van der Waals surface area contributed by atoms with Crippen molar-refractivity contribution < 1.29 is 114 Å². The molecule has 7 aromatic rings. The van der Waals surface area contributed by atoms with E-state index < -0.39 is 144 Å². The monoisotopic (exact) mass is 1300 g/mol. The van der Waals surface area contributed by atoms with Gasteiger partial charge in [-0.25, -0.2) is 0 Å². The first kappa shape index (κ1) is 67.9. The van der Waals surface area contributed by atoms with Gasteiger partial charge in [0.25, 0.3) is 0 Å². The molecule has 0 spiro atoms. The Bertz CT molecular complexity index is 3790. The van der Waals surface area contributed by atoms with Gasteiger partial charge in [0, 0.05) is 66.2 Å². The summed E-state index contributed by atoms with van der Waals surface area (Å²) in [7, 11) is 0. The van der Waals surface area contributed by atoms with Gasteiger partial charge in [0.2, 0.25) is 29.3 Å². The topological polar surface area (TPSA) is 308 Å². The highest BCUT2D eigenvalue weighted by atomic mass is 16.8. The van der Waals surface area contributed by atoms with E-state index >= 15 is 4.79 Å². The minimum absolute atomic E-state index is 0.0139. The highest BCUT2D eigenvalue weighted by molar-refractivity contribution is 5.89. The van der Waals surface area contributed by atoms with Crippen molar-refractivity contribution in [2.75, 3.05) is 13.2 Å². The summed E-state index contributed by atoms with van der Waals surface area (Å²) in [6.45, 7) is 5.69. The molecule has 25 nitrogen and oxygen atoms in total. The zero-order valence-corrected chi connectivity index (χ0v) is 52.1. The number of esters is 7. The second-order valence-electron chi connectivity index (χ2n) is 21.6. The number of aromatic hydroxyl groups is 1. The average molecular weight is 1300 g/mol. The molecule has 494 valence electrons. The molecule has 0 aliphatic carbocycles. The molecule has 94 heavy (non-hydrogen) atoms. The first-order chi connectivity index (χ1) is 45.2. The van der Waals surface area contributed by atoms with E-state index in [4.69, 9.17) is 75.5 Å². The normalized spacial score (nSPS) is 20.7. The molecule has 0 unspecified atom stereocenters. The summed E-state index contributed by atoms with van der Waals surface area (Å²) in [5.74, 6) is -8.07. The first-order valence-corrected chi connectivity index (χ1v) is 29.6. The molecule has 6 aromatic carbocycles. The van der Waals surface area contributed by atoms with Crippen molar-refractivity contribution in [1.82, 2.24) is 0 Å². The Balaban J connectivity index is 1.22. The van der Waals surface area contributed by atoms with Crippen LogP contribution >= 0.6 is 0 Å². The second-order valence-corrected chi connectivity index (χ2v) is 21.6. The van der Waals surface area contributed by atoms with Crippen LogP contribution in [0.5, 0.6) is 34.5 Å². The molecule has 3 heterocycles. The third kappa shape index (κ3) is 18.0. The smallest absolute Gasteiger partial charge is 0.303 e. The lowest BCUT2D eigenvalue weighted by Crippen LogP contribution is -2.65. The lowest BCUT2D eigenvalue weighted by Gasteiger charge is -2.46. The predicted octanol–water partition coefficient (Wildman–Crippen LogP) is 8.48. The molecule has 2 aliphatic heterocycles. The van der Waals surface area contributed by atoms with Crippen molar-refractivity contribution in [2.45, 2.75) is 136 Å². The molecule has 1 aromatic heterocycles. The van der Waals surface area contributed by atoms with Gasteiger partial charge in [-0.2, -0.15) is 0 Å². The van der Waals surface area contributed by atoms with Crippen molar-refractivity contribution in [2.24, 2.45) is 0 Å². The molecular weight excluding hydrogens is 1230 g/mol. The summed E-state index contributed by atoms with van der Waals surface area (Å²) in [6, 6.07) is 42.4. The van der Waals surface area contributed by atoms with E-state index in [2.05, 4.69) is 0 Å². The number of phenolic OH excluding ortho intramolecular Hbond substituents is 1. The molecule has 0 amide bonds. The molecule has 2 saturated heterocycles. The van der Waals surface area contributed by atoms with Gasteiger partial charge in [0.1, 0.15) is 67.7 Å². The molecule has 0 saturated carbocycles. The number of phenols is 1. The van der Waals surface area contributed by atoms with Crippen LogP contribution in [-0.2, 0) is 107 Å². The number of ether oxygens (including phenoxy) is 15. The third-order valence-corrected chi connectivity index (χ3v) is 14.2. The van der Waals surface area contributed by atoms with E-state index in [0.717, 1.165) is 70.7 Å². The van der Waals surface area contributed by atoms with Crippen LogP contribution in [0, 0.1) is 0 Å². The molecule has 2 fully saturated rings. The Labute approximate surface area is 538 Å². The van der Waals surface area contributed by atoms with Gasteiger partial charge < -0.3 is 80.6 Å². The zero-order valence-electron chi connectivity index (χ0n) is 52.1. The summed E-state index contributed by atoms with van der Waals surface area (Å²) in [5, 5.41) is 11.5. The van der Waals surface area contributed by atoms with Gasteiger partial charge in [-0.3, -0.25) is 38.4 Å². The van der Waals surface area contributed by atoms with Gasteiger partial charge in [-0.15, -0.1) is 0 Å². The lowest BCUT2D eigenvalue weighted by molar-refractivity contribution is -0.327. The number of rotatable bonds is 26. The van der Waals surface area contributed by atoms with E-state index in [-0.39, 0.29) is 60.6 Å². The SMILES string of the molecule is CC(=O)OC[C@H]1O[C@@H](OC[C@H]2O[C@@H](Oc3c(-c4cc(OCc5ccccc5)c(OCc5ccccc5)c(OCc5ccccc5)c4)oc4cc(OCc5ccccc5)cc(O)c4c3=O)[C@H](OC(C)=O)[C@@H](OC(C)=O)[C@H]2OC(C)=O)[C@H](OC(C)=O)[C@@H](OC(C)=O)[C@@H]1OC(C)=O. The van der Waals surface area contributed by atoms with Gasteiger partial charge >= 0.3 is 41.8 Å². The standard InChI is InChI=1S/C69H68O25/c1-38(70)79-36-55-61(85-39(2)71)64(87-41(4)73)66(89-43(6)75)68(92-55)84-37-56-62(86-40(3)72)65(88-42(5)74)67(90-44(7)76)69(93-56)94-63-58(78)57-51(77)30-50(80-32-45-20-12-8-13-21-45)31-52(57)91-59(63)49-28-53(81-33-46-22-14-9-15-23-46)60(83-35-48-26-18-11-19-27-48)54(29-49)82-34-47-24-16-10-17-25-47/h8-31,55-56,61-62,64-69,77H,32-37H2,1-7H3/t55-,56-,61-,62+,64+,65+,66-,67-,68-,69+/m1/s1. The Morgan fingerprint density at radius 1 is 0.426 bits per heavy atom. The van der Waals surface area contributed by atoms with E-state index in [9.17, 15) is 38.7 Å². The first-order valence-electron chi connectivity index (χ1n) is 29.6. The maximum absolute atomic E-state index is 15.7. The van der Waals surface area contributed by atoms with E-state index in [1.807, 2.05) is 121 Å². The van der Waals surface area contributed by atoms with Crippen LogP contribution in [0.2, 0.25) is 0 Å². The quantitative estimate of drug-likeness (QED) is 0.0392. The summed E-state index contributed by atoms with van der Waals surface area (Å²) in [4.78, 5) is 106. The largest absolute Gasteiger partial charge is 0.507 e. The molecular formula is C69H68O25. The Kier molecular flexibility index (Phi) is 22.9. The minimum Gasteiger partial charge on any atom is -0.507 e. The van der Waals surface area contributed by atoms with E-state index in [1.54, 1.807) is 0 Å². The van der Waals surface area contributed by atoms with Crippen LogP contribution in [0.15, 0.2) is 155 Å². The maximum Gasteiger partial charge on any atom is 0.303 e. The van der Waals surface area contributed by atoms with Crippen LogP contribution < -0.4 is 29.1 Å². The van der Waals surface area contributed by atoms with Crippen molar-refractivity contribution in [3.63, 3.8) is 0 Å². The lowest BCUT2D eigenvalue weighted by atomic mass is 9.97. The van der Waals surface area contributed by atoms with Gasteiger partial charge in [-0.1, -0.05) is 121 Å². The van der Waals surface area contributed by atoms with Crippen LogP contribution in [0.1, 0.15) is 70.7 Å². The summed E-state index contributed by atoms with van der Waals surface area (Å²) in [5.41, 5.74) is 1.78. The van der Waals surface area contributed by atoms with Crippen molar-refractivity contribution in [3.05, 3.63) is 178 Å². The number of carbonyl (C=O) groups excluding carboxylic acids is 7. The van der Waals surface area contributed by atoms with Crippen LogP contribution in [0.4, 0.5) is 0 Å². The highest BCUT2D eigenvalue weighted by Gasteiger charge is 2.56. The number of fused-ring (bicyclic) bond motifs is 1. The van der Waals surface area contributed by atoms with E-state index in [0.29, 0.717) is 0 Å². The third-order valence-electron chi connectivity index (χ3n) is 14.2. The van der Waals surface area contributed by atoms with Gasteiger partial charge in [0.15, 0.2) is 54.1 Å². The number of hydrogen-bond acceptors (Lipinski definition) is 25. The number of hydrogen-bond donors (Lipinski definition) is 1. The molecule has 0 bridgehead atoms.